The molecule has 1 heterocycles. The van der Waals surface area contributed by atoms with Crippen LogP contribution in [-0.2, 0) is 6.42 Å². The number of benzene rings is 8. The van der Waals surface area contributed by atoms with E-state index in [-0.39, 0.29) is 0 Å². The van der Waals surface area contributed by atoms with Crippen LogP contribution in [0.3, 0.4) is 0 Å². The van der Waals surface area contributed by atoms with Crippen LogP contribution in [0.15, 0.2) is 158 Å². The quantitative estimate of drug-likeness (QED) is 0.105. The van der Waals surface area contributed by atoms with E-state index in [9.17, 15) is 0 Å². The van der Waals surface area contributed by atoms with Crippen molar-refractivity contribution in [2.24, 2.45) is 0 Å². The minimum absolute atomic E-state index is 0.304. The molecule has 0 bridgehead atoms. The fourth-order valence-corrected chi connectivity index (χ4v) is 9.80. The van der Waals surface area contributed by atoms with E-state index < -0.39 is 0 Å². The minimum atomic E-state index is 0.304. The number of para-hydroxylation sites is 1. The summed E-state index contributed by atoms with van der Waals surface area (Å²) >= 11 is 0. The summed E-state index contributed by atoms with van der Waals surface area (Å²) in [6.45, 7) is 0. The average Bonchev–Trinajstić information content (AvgIpc) is 3.69. The van der Waals surface area contributed by atoms with Crippen LogP contribution in [0.2, 0.25) is 0 Å². The Bertz CT molecular complexity index is 2990. The lowest BCUT2D eigenvalue weighted by molar-refractivity contribution is 0.990. The molecule has 0 amide bonds. The first-order valence-electron chi connectivity index (χ1n) is 17.7. The van der Waals surface area contributed by atoms with Gasteiger partial charge < -0.3 is 0 Å². The van der Waals surface area contributed by atoms with Gasteiger partial charge in [-0.05, 0) is 106 Å². The molecule has 9 aromatic rings. The Hall–Kier alpha value is -6.31. The Kier molecular flexibility index (Phi) is 5.14. The summed E-state index contributed by atoms with van der Waals surface area (Å²) in [5.41, 5.74) is 18.6. The zero-order chi connectivity index (χ0) is 32.5. The first-order valence-corrected chi connectivity index (χ1v) is 17.7. The van der Waals surface area contributed by atoms with Crippen LogP contribution in [0.5, 0.6) is 0 Å². The topological polar surface area (TPSA) is 12.9 Å². The zero-order valence-electron chi connectivity index (χ0n) is 27.2. The number of aromatic nitrogens is 1. The maximum atomic E-state index is 5.14. The third-order valence-electron chi connectivity index (χ3n) is 11.8. The summed E-state index contributed by atoms with van der Waals surface area (Å²) in [4.78, 5) is 5.14. The summed E-state index contributed by atoms with van der Waals surface area (Å²) < 4.78 is 0. The highest BCUT2D eigenvalue weighted by Crippen LogP contribution is 2.55. The zero-order valence-corrected chi connectivity index (χ0v) is 27.2. The fraction of sp³-hybridized carbons (Fsp3) is 0.0408. The number of fused-ring (bicyclic) bond motifs is 10. The largest absolute Gasteiger partial charge is 0.256 e. The maximum Gasteiger partial charge on any atom is 0.0708 e. The molecular formula is C49H29N. The molecule has 0 saturated heterocycles. The van der Waals surface area contributed by atoms with Crippen LogP contribution in [0.25, 0.3) is 98.9 Å². The molecule has 8 aromatic carbocycles. The monoisotopic (exact) mass is 631 g/mol. The van der Waals surface area contributed by atoms with E-state index in [2.05, 4.69) is 158 Å². The molecule has 50 heavy (non-hydrogen) atoms. The molecule has 1 atom stereocenters. The molecule has 12 rings (SSSR count). The Morgan fingerprint density at radius 1 is 0.420 bits per heavy atom. The van der Waals surface area contributed by atoms with Gasteiger partial charge >= 0.3 is 0 Å². The van der Waals surface area contributed by atoms with Gasteiger partial charge in [0.05, 0.1) is 5.52 Å². The van der Waals surface area contributed by atoms with E-state index in [1.807, 2.05) is 0 Å². The van der Waals surface area contributed by atoms with E-state index in [4.69, 9.17) is 4.98 Å². The molecule has 1 aromatic heterocycles. The number of hydrogen-bond acceptors (Lipinski definition) is 1. The van der Waals surface area contributed by atoms with Crippen LogP contribution in [0.4, 0.5) is 0 Å². The average molecular weight is 632 g/mol. The predicted octanol–water partition coefficient (Wildman–Crippen LogP) is 12.9. The summed E-state index contributed by atoms with van der Waals surface area (Å²) in [5, 5.41) is 8.88. The van der Waals surface area contributed by atoms with Gasteiger partial charge in [-0.25, -0.2) is 0 Å². The number of pyridine rings is 1. The van der Waals surface area contributed by atoms with Crippen molar-refractivity contribution in [2.45, 2.75) is 12.3 Å². The van der Waals surface area contributed by atoms with Gasteiger partial charge in [0.25, 0.3) is 0 Å². The van der Waals surface area contributed by atoms with Crippen molar-refractivity contribution in [2.75, 3.05) is 0 Å². The molecule has 3 aliphatic carbocycles. The molecule has 1 heteroatoms. The molecule has 3 aliphatic rings. The van der Waals surface area contributed by atoms with E-state index in [0.29, 0.717) is 5.92 Å². The fourth-order valence-electron chi connectivity index (χ4n) is 9.80. The van der Waals surface area contributed by atoms with Crippen LogP contribution in [-0.4, -0.2) is 4.98 Å². The molecule has 0 N–H and O–H groups in total. The molecule has 1 unspecified atom stereocenters. The maximum absolute atomic E-state index is 5.14. The lowest BCUT2D eigenvalue weighted by Gasteiger charge is -2.25. The van der Waals surface area contributed by atoms with Gasteiger partial charge in [0, 0.05) is 28.3 Å². The first kappa shape index (κ1) is 26.6. The first-order chi connectivity index (χ1) is 24.8. The second-order valence-electron chi connectivity index (χ2n) is 14.0. The van der Waals surface area contributed by atoms with Crippen molar-refractivity contribution in [1.29, 1.82) is 0 Å². The van der Waals surface area contributed by atoms with E-state index in [1.54, 1.807) is 0 Å². The van der Waals surface area contributed by atoms with Gasteiger partial charge in [0.1, 0.15) is 0 Å². The number of nitrogens with zero attached hydrogens (tertiary/aromatic N) is 1. The van der Waals surface area contributed by atoms with Crippen LogP contribution >= 0.6 is 0 Å². The van der Waals surface area contributed by atoms with E-state index >= 15 is 0 Å². The normalized spacial score (nSPS) is 14.8. The second-order valence-corrected chi connectivity index (χ2v) is 14.0. The van der Waals surface area contributed by atoms with Crippen molar-refractivity contribution in [3.05, 3.63) is 175 Å². The van der Waals surface area contributed by atoms with Crippen molar-refractivity contribution < 1.29 is 0 Å². The molecule has 0 spiro atoms. The number of hydrogen-bond donors (Lipinski definition) is 0. The molecule has 0 radical (unpaired) electrons. The minimum Gasteiger partial charge on any atom is -0.256 e. The van der Waals surface area contributed by atoms with Gasteiger partial charge in [-0.2, -0.15) is 0 Å². The summed E-state index contributed by atoms with van der Waals surface area (Å²) in [7, 11) is 0. The molecule has 230 valence electrons. The molecule has 0 fully saturated rings. The third-order valence-corrected chi connectivity index (χ3v) is 11.8. The molecule has 0 saturated carbocycles. The van der Waals surface area contributed by atoms with E-state index in [1.165, 1.54) is 110 Å². The predicted molar refractivity (Wildman–Crippen MR) is 210 cm³/mol. The smallest absolute Gasteiger partial charge is 0.0708 e. The van der Waals surface area contributed by atoms with Crippen molar-refractivity contribution in [3.63, 3.8) is 0 Å². The van der Waals surface area contributed by atoms with Gasteiger partial charge in [-0.3, -0.25) is 4.98 Å². The molecular weight excluding hydrogens is 603 g/mol. The third kappa shape index (κ3) is 3.30. The van der Waals surface area contributed by atoms with Gasteiger partial charge in [0.2, 0.25) is 0 Å². The Morgan fingerprint density at radius 2 is 1.04 bits per heavy atom. The van der Waals surface area contributed by atoms with Gasteiger partial charge in [-0.15, -0.1) is 0 Å². The second kappa shape index (κ2) is 9.65. The summed E-state index contributed by atoms with van der Waals surface area (Å²) in [5.74, 6) is 0.304. The van der Waals surface area contributed by atoms with E-state index in [0.717, 1.165) is 11.9 Å². The summed E-state index contributed by atoms with van der Waals surface area (Å²) in [6.07, 6.45) is 7.90. The SMILES string of the molecule is C1=CC2c3ccccc3-c3ccc(-c4c5ccccc5c(-c5ccc6c7c(cccc57)-c5ccccc5-6)c5cnc6ccccc6c45)c(c32)C1. The molecule has 1 nitrogen and oxygen atoms in total. The van der Waals surface area contributed by atoms with Crippen molar-refractivity contribution >= 4 is 43.2 Å². The highest BCUT2D eigenvalue weighted by atomic mass is 14.7. The van der Waals surface area contributed by atoms with Crippen molar-refractivity contribution in [1.82, 2.24) is 4.98 Å². The highest BCUT2D eigenvalue weighted by molar-refractivity contribution is 6.30. The lowest BCUT2D eigenvalue weighted by atomic mass is 9.79. The van der Waals surface area contributed by atoms with Crippen LogP contribution in [0, 0.1) is 0 Å². The number of rotatable bonds is 2. The van der Waals surface area contributed by atoms with Crippen molar-refractivity contribution in [3.8, 4) is 55.6 Å². The summed E-state index contributed by atoms with van der Waals surface area (Å²) in [6, 6.07) is 52.0. The standard InChI is InChI=1S/C49H29N/c1-3-13-30-28(11-1)32-18-9-20-35-40(25-23-38(30)45(32)35)47-34-15-5-6-16-37(34)48(49-42-17-7-8-22-44(42)50-27-43(47)49)41-26-24-39-31-14-4-2-12-29(31)33-19-10-21-36(41)46(33)39/h1-20,22-27,33H,21H2. The Morgan fingerprint density at radius 3 is 1.90 bits per heavy atom. The number of allylic oxidation sites excluding steroid dienone is 2. The lowest BCUT2D eigenvalue weighted by Crippen LogP contribution is -2.05. The molecule has 0 aliphatic heterocycles. The Labute approximate surface area is 289 Å². The van der Waals surface area contributed by atoms with Crippen LogP contribution < -0.4 is 0 Å². The van der Waals surface area contributed by atoms with Gasteiger partial charge in [0.15, 0.2) is 0 Å². The van der Waals surface area contributed by atoms with Gasteiger partial charge in [-0.1, -0.05) is 146 Å². The Balaban J connectivity index is 1.24. The highest BCUT2D eigenvalue weighted by Gasteiger charge is 2.33. The van der Waals surface area contributed by atoms with Crippen LogP contribution in [0.1, 0.15) is 22.6 Å².